The summed E-state index contributed by atoms with van der Waals surface area (Å²) in [7, 11) is 0. The Morgan fingerprint density at radius 2 is 2.32 bits per heavy atom. The van der Waals surface area contributed by atoms with Crippen molar-refractivity contribution in [3.8, 4) is 5.75 Å². The highest BCUT2D eigenvalue weighted by molar-refractivity contribution is 9.10. The molecule has 0 radical (unpaired) electrons. The standard InChI is InChI=1S/C16H23BrN2O2S/c1-5-7-12(19-22(20)16(2,3)4)14-10-11(17)15-13(18-14)8-6-9-21-15/h5,10,12,19H,1,6-9H2,2-4H3/t12-,22?/m0/s1. The maximum absolute atomic E-state index is 12.4. The number of aromatic nitrogens is 1. The molecule has 0 bridgehead atoms. The molecule has 6 heteroatoms. The van der Waals surface area contributed by atoms with Gasteiger partial charge in [-0.2, -0.15) is 0 Å². The van der Waals surface area contributed by atoms with E-state index in [0.717, 1.165) is 41.1 Å². The van der Waals surface area contributed by atoms with E-state index in [2.05, 4.69) is 27.2 Å². The van der Waals surface area contributed by atoms with Gasteiger partial charge in [0.1, 0.15) is 4.75 Å². The van der Waals surface area contributed by atoms with Gasteiger partial charge in [0.05, 0.1) is 28.5 Å². The summed E-state index contributed by atoms with van der Waals surface area (Å²) in [6.45, 7) is 10.4. The Hall–Kier alpha value is -0.560. The number of aryl methyl sites for hydroxylation is 1. The van der Waals surface area contributed by atoms with Crippen molar-refractivity contribution < 1.29 is 9.29 Å². The first kappa shape index (κ1) is 17.8. The third-order valence-electron chi connectivity index (χ3n) is 3.39. The van der Waals surface area contributed by atoms with Gasteiger partial charge in [-0.05, 0) is 62.0 Å². The van der Waals surface area contributed by atoms with Crippen LogP contribution >= 0.6 is 15.9 Å². The number of hydrogen-bond acceptors (Lipinski definition) is 4. The van der Waals surface area contributed by atoms with Crippen molar-refractivity contribution in [2.24, 2.45) is 0 Å². The molecule has 122 valence electrons. The minimum absolute atomic E-state index is 0.124. The molecule has 0 saturated carbocycles. The van der Waals surface area contributed by atoms with Gasteiger partial charge in [-0.1, -0.05) is 6.08 Å². The molecule has 1 aliphatic rings. The first-order chi connectivity index (χ1) is 10.3. The summed E-state index contributed by atoms with van der Waals surface area (Å²) in [5.41, 5.74) is 1.83. The second kappa shape index (κ2) is 7.34. The monoisotopic (exact) mass is 386 g/mol. The Bertz CT molecular complexity index is 546. The van der Waals surface area contributed by atoms with Gasteiger partial charge in [0.2, 0.25) is 0 Å². The van der Waals surface area contributed by atoms with Gasteiger partial charge in [0.25, 0.3) is 0 Å². The molecule has 1 aliphatic heterocycles. The van der Waals surface area contributed by atoms with E-state index < -0.39 is 11.4 Å². The van der Waals surface area contributed by atoms with E-state index in [9.17, 15) is 4.55 Å². The molecule has 0 fully saturated rings. The van der Waals surface area contributed by atoms with Gasteiger partial charge < -0.3 is 9.29 Å². The van der Waals surface area contributed by atoms with Crippen molar-refractivity contribution in [2.75, 3.05) is 6.61 Å². The van der Waals surface area contributed by atoms with Crippen molar-refractivity contribution in [3.63, 3.8) is 0 Å². The lowest BCUT2D eigenvalue weighted by Gasteiger charge is -2.28. The first-order valence-corrected chi connectivity index (χ1v) is 9.38. The molecule has 1 aromatic heterocycles. The van der Waals surface area contributed by atoms with Crippen LogP contribution in [0.2, 0.25) is 0 Å². The molecular formula is C16H23BrN2O2S. The van der Waals surface area contributed by atoms with Crippen molar-refractivity contribution >= 4 is 27.3 Å². The molecule has 0 spiro atoms. The van der Waals surface area contributed by atoms with E-state index in [1.165, 1.54) is 0 Å². The van der Waals surface area contributed by atoms with Crippen LogP contribution in [0.4, 0.5) is 0 Å². The summed E-state index contributed by atoms with van der Waals surface area (Å²) in [5, 5.41) is 0. The van der Waals surface area contributed by atoms with Gasteiger partial charge >= 0.3 is 0 Å². The van der Waals surface area contributed by atoms with Gasteiger partial charge in [-0.15, -0.1) is 11.3 Å². The fraction of sp³-hybridized carbons (Fsp3) is 0.562. The smallest absolute Gasteiger partial charge is 0.154 e. The topological polar surface area (TPSA) is 57.2 Å². The molecule has 0 aromatic carbocycles. The molecule has 2 rings (SSSR count). The van der Waals surface area contributed by atoms with Crippen LogP contribution in [0.15, 0.2) is 23.2 Å². The van der Waals surface area contributed by atoms with E-state index in [0.29, 0.717) is 6.42 Å². The Labute approximate surface area is 144 Å². The summed E-state index contributed by atoms with van der Waals surface area (Å²) >= 11 is 2.40. The summed E-state index contributed by atoms with van der Waals surface area (Å²) in [6, 6.07) is 1.83. The van der Waals surface area contributed by atoms with Crippen molar-refractivity contribution in [3.05, 3.63) is 34.6 Å². The average molecular weight is 387 g/mol. The normalized spacial score (nSPS) is 17.3. The molecule has 2 heterocycles. The van der Waals surface area contributed by atoms with Gasteiger partial charge in [-0.3, -0.25) is 4.98 Å². The van der Waals surface area contributed by atoms with Crippen LogP contribution in [0.3, 0.4) is 0 Å². The van der Waals surface area contributed by atoms with Gasteiger partial charge in [0, 0.05) is 11.4 Å². The summed E-state index contributed by atoms with van der Waals surface area (Å²) in [5.74, 6) is 0.837. The lowest BCUT2D eigenvalue weighted by atomic mass is 10.1. The van der Waals surface area contributed by atoms with Crippen LogP contribution in [0.1, 0.15) is 51.0 Å². The lowest BCUT2D eigenvalue weighted by molar-refractivity contribution is 0.282. The third kappa shape index (κ3) is 4.25. The predicted octanol–water partition coefficient (Wildman–Crippen LogP) is 3.84. The quantitative estimate of drug-likeness (QED) is 0.616. The molecule has 4 nitrogen and oxygen atoms in total. The Balaban J connectivity index is 2.28. The van der Waals surface area contributed by atoms with Gasteiger partial charge in [0.15, 0.2) is 5.75 Å². The van der Waals surface area contributed by atoms with Crippen LogP contribution < -0.4 is 9.46 Å². The van der Waals surface area contributed by atoms with E-state index in [1.807, 2.05) is 32.9 Å². The highest BCUT2D eigenvalue weighted by Crippen LogP contribution is 2.34. The zero-order valence-electron chi connectivity index (χ0n) is 13.3. The summed E-state index contributed by atoms with van der Waals surface area (Å²) in [4.78, 5) is 4.73. The minimum Gasteiger partial charge on any atom is -0.598 e. The highest BCUT2D eigenvalue weighted by Gasteiger charge is 2.30. The van der Waals surface area contributed by atoms with Crippen LogP contribution in [0.25, 0.3) is 0 Å². The number of halogens is 1. The van der Waals surface area contributed by atoms with Gasteiger partial charge in [-0.25, -0.2) is 0 Å². The summed E-state index contributed by atoms with van der Waals surface area (Å²) in [6.07, 6.45) is 4.37. The zero-order chi connectivity index (χ0) is 16.3. The molecule has 2 atom stereocenters. The number of fused-ring (bicyclic) bond motifs is 1. The van der Waals surface area contributed by atoms with Crippen LogP contribution in [-0.4, -0.2) is 20.9 Å². The Morgan fingerprint density at radius 1 is 1.59 bits per heavy atom. The van der Waals surface area contributed by atoms with E-state index in [4.69, 9.17) is 9.72 Å². The van der Waals surface area contributed by atoms with Crippen molar-refractivity contribution in [2.45, 2.75) is 50.8 Å². The van der Waals surface area contributed by atoms with E-state index >= 15 is 0 Å². The first-order valence-electron chi connectivity index (χ1n) is 7.44. The number of ether oxygens (including phenoxy) is 1. The van der Waals surface area contributed by atoms with Crippen LogP contribution in [0.5, 0.6) is 5.75 Å². The maximum Gasteiger partial charge on any atom is 0.154 e. The third-order valence-corrected chi connectivity index (χ3v) is 5.59. The zero-order valence-corrected chi connectivity index (χ0v) is 15.7. The molecule has 1 unspecified atom stereocenters. The average Bonchev–Trinajstić information content (AvgIpc) is 2.45. The number of hydrogen-bond donors (Lipinski definition) is 1. The SMILES string of the molecule is C=CC[C@H](N[S+]([O-])C(C)(C)C)c1cc(Br)c2c(n1)CCCO2. The molecule has 0 amide bonds. The molecule has 22 heavy (non-hydrogen) atoms. The predicted molar refractivity (Wildman–Crippen MR) is 94.3 cm³/mol. The fourth-order valence-electron chi connectivity index (χ4n) is 2.19. The molecular weight excluding hydrogens is 364 g/mol. The lowest BCUT2D eigenvalue weighted by Crippen LogP contribution is -2.41. The Morgan fingerprint density at radius 3 is 2.95 bits per heavy atom. The molecule has 1 N–H and O–H groups in total. The number of nitrogens with one attached hydrogen (secondary N) is 1. The molecule has 0 saturated heterocycles. The second-order valence-corrected chi connectivity index (χ2v) is 9.18. The molecule has 1 aromatic rings. The van der Waals surface area contributed by atoms with Crippen molar-refractivity contribution in [1.29, 1.82) is 0 Å². The fourth-order valence-corrected chi connectivity index (χ4v) is 3.59. The number of rotatable bonds is 5. The largest absolute Gasteiger partial charge is 0.598 e. The summed E-state index contributed by atoms with van der Waals surface area (Å²) < 4.78 is 21.8. The number of pyridine rings is 1. The second-order valence-electron chi connectivity index (χ2n) is 6.33. The van der Waals surface area contributed by atoms with E-state index in [-0.39, 0.29) is 10.8 Å². The Kier molecular flexibility index (Phi) is 5.94. The van der Waals surface area contributed by atoms with E-state index in [1.54, 1.807) is 0 Å². The van der Waals surface area contributed by atoms with Crippen LogP contribution in [0, 0.1) is 0 Å². The maximum atomic E-state index is 12.4. The van der Waals surface area contributed by atoms with Crippen molar-refractivity contribution in [1.82, 2.24) is 9.71 Å². The number of nitrogens with zero attached hydrogens (tertiary/aromatic N) is 1. The molecule has 0 aliphatic carbocycles. The highest BCUT2D eigenvalue weighted by atomic mass is 79.9. The van der Waals surface area contributed by atoms with Crippen LogP contribution in [-0.2, 0) is 17.8 Å². The minimum atomic E-state index is -1.16.